The molecule has 0 radical (unpaired) electrons. The number of rotatable bonds is 10. The van der Waals surface area contributed by atoms with Gasteiger partial charge < -0.3 is 31.1 Å². The van der Waals surface area contributed by atoms with E-state index in [4.69, 9.17) is 27.2 Å². The molecule has 1 saturated carbocycles. The van der Waals surface area contributed by atoms with Crippen molar-refractivity contribution in [1.29, 1.82) is 5.41 Å². The average molecular weight is 417 g/mol. The summed E-state index contributed by atoms with van der Waals surface area (Å²) in [5, 5.41) is 14.3. The van der Waals surface area contributed by atoms with Crippen LogP contribution in [0.3, 0.4) is 0 Å². The van der Waals surface area contributed by atoms with E-state index < -0.39 is 5.91 Å². The van der Waals surface area contributed by atoms with Gasteiger partial charge in [-0.1, -0.05) is 17.7 Å². The van der Waals surface area contributed by atoms with E-state index in [-0.39, 0.29) is 11.7 Å². The smallest absolute Gasteiger partial charge is 0.292 e. The second kappa shape index (κ2) is 9.58. The summed E-state index contributed by atoms with van der Waals surface area (Å²) in [5.74, 6) is -0.481. The molecule has 1 aromatic heterocycles. The zero-order valence-electron chi connectivity index (χ0n) is 16.2. The van der Waals surface area contributed by atoms with Crippen LogP contribution in [0.25, 0.3) is 5.57 Å². The minimum absolute atomic E-state index is 0.0614. The lowest BCUT2D eigenvalue weighted by Gasteiger charge is -2.16. The van der Waals surface area contributed by atoms with Gasteiger partial charge in [0.2, 0.25) is 0 Å². The number of amides is 1. The number of hydrogen-bond donors (Lipinski definition) is 4. The molecule has 1 fully saturated rings. The number of halogens is 1. The van der Waals surface area contributed by atoms with Crippen molar-refractivity contribution in [3.63, 3.8) is 0 Å². The van der Waals surface area contributed by atoms with Crippen LogP contribution in [0.5, 0.6) is 0 Å². The fourth-order valence-corrected chi connectivity index (χ4v) is 2.96. The van der Waals surface area contributed by atoms with Crippen LogP contribution in [0, 0.1) is 5.41 Å². The molecule has 1 heterocycles. The molecule has 0 atom stereocenters. The molecule has 154 valence electrons. The van der Waals surface area contributed by atoms with Gasteiger partial charge in [0.25, 0.3) is 11.9 Å². The molecule has 0 aliphatic heterocycles. The predicted molar refractivity (Wildman–Crippen MR) is 115 cm³/mol. The van der Waals surface area contributed by atoms with Crippen molar-refractivity contribution in [3.05, 3.63) is 46.9 Å². The number of nitrogens with zero attached hydrogens (tertiary/aromatic N) is 2. The van der Waals surface area contributed by atoms with Gasteiger partial charge >= 0.3 is 0 Å². The number of allylic oxidation sites excluding steroid dienone is 1. The zero-order valence-corrected chi connectivity index (χ0v) is 17.0. The monoisotopic (exact) mass is 416 g/mol. The molecule has 9 heteroatoms. The first-order valence-electron chi connectivity index (χ1n) is 9.44. The van der Waals surface area contributed by atoms with Crippen molar-refractivity contribution in [3.8, 4) is 0 Å². The molecule has 29 heavy (non-hydrogen) atoms. The number of oxazole rings is 1. The van der Waals surface area contributed by atoms with Crippen LogP contribution in [0.1, 0.15) is 35.3 Å². The van der Waals surface area contributed by atoms with Gasteiger partial charge in [0, 0.05) is 37.6 Å². The number of carbonyl (C=O) groups excluding carboxylic acids is 1. The number of nitrogens with two attached hydrogens (primary N) is 1. The number of anilines is 2. The third-order valence-electron chi connectivity index (χ3n) is 4.52. The summed E-state index contributed by atoms with van der Waals surface area (Å²) in [5.41, 5.74) is 7.36. The van der Waals surface area contributed by atoms with Gasteiger partial charge in [0.15, 0.2) is 5.69 Å². The van der Waals surface area contributed by atoms with Gasteiger partial charge in [0.1, 0.15) is 6.26 Å². The maximum Gasteiger partial charge on any atom is 0.292 e. The number of aromatic nitrogens is 1. The Balaban J connectivity index is 1.66. The summed E-state index contributed by atoms with van der Waals surface area (Å²) in [6.45, 7) is 1.87. The Morgan fingerprint density at radius 1 is 1.48 bits per heavy atom. The average Bonchev–Trinajstić information content (AvgIpc) is 3.43. The Kier molecular flexibility index (Phi) is 6.90. The number of nitrogen functional groups attached to an aromatic ring is 1. The number of nitrogens with one attached hydrogen (secondary N) is 3. The summed E-state index contributed by atoms with van der Waals surface area (Å²) in [7, 11) is 1.98. The maximum absolute atomic E-state index is 12.3. The molecule has 0 spiro atoms. The van der Waals surface area contributed by atoms with Gasteiger partial charge in [-0.15, -0.1) is 0 Å². The third kappa shape index (κ3) is 6.07. The van der Waals surface area contributed by atoms with Gasteiger partial charge in [-0.25, -0.2) is 0 Å². The molecule has 0 saturated heterocycles. The lowest BCUT2D eigenvalue weighted by Crippen LogP contribution is -2.22. The quantitative estimate of drug-likeness (QED) is 0.348. The van der Waals surface area contributed by atoms with Crippen LogP contribution in [-0.2, 0) is 0 Å². The van der Waals surface area contributed by atoms with Gasteiger partial charge in [0.05, 0.1) is 10.7 Å². The van der Waals surface area contributed by atoms with Crippen LogP contribution < -0.4 is 16.4 Å². The summed E-state index contributed by atoms with van der Waals surface area (Å²) in [6.07, 6.45) is 7.97. The Morgan fingerprint density at radius 2 is 2.28 bits per heavy atom. The topological polar surface area (TPSA) is 120 Å². The molecular weight excluding hydrogens is 392 g/mol. The highest BCUT2D eigenvalue weighted by atomic mass is 35.5. The summed E-state index contributed by atoms with van der Waals surface area (Å²) in [4.78, 5) is 18.1. The van der Waals surface area contributed by atoms with Crippen molar-refractivity contribution in [2.24, 2.45) is 0 Å². The summed E-state index contributed by atoms with van der Waals surface area (Å²) < 4.78 is 4.86. The van der Waals surface area contributed by atoms with E-state index in [0.29, 0.717) is 22.3 Å². The SMILES string of the molecule is CN(/C=C(\C=N)c1ccc(Cl)c(NC(=O)c2coc(N)n2)c1)CCCNC1CC1. The molecule has 1 aromatic carbocycles. The van der Waals surface area contributed by atoms with Crippen molar-refractivity contribution >= 4 is 41.0 Å². The van der Waals surface area contributed by atoms with E-state index in [9.17, 15) is 4.79 Å². The molecule has 0 unspecified atom stereocenters. The lowest BCUT2D eigenvalue weighted by atomic mass is 10.1. The highest BCUT2D eigenvalue weighted by Gasteiger charge is 2.19. The first kappa shape index (κ1) is 20.9. The van der Waals surface area contributed by atoms with Crippen LogP contribution >= 0.6 is 11.6 Å². The van der Waals surface area contributed by atoms with Crippen LogP contribution in [0.4, 0.5) is 11.7 Å². The molecule has 8 nitrogen and oxygen atoms in total. The Morgan fingerprint density at radius 3 is 2.93 bits per heavy atom. The highest BCUT2D eigenvalue weighted by Crippen LogP contribution is 2.27. The van der Waals surface area contributed by atoms with Gasteiger partial charge in [-0.2, -0.15) is 4.98 Å². The van der Waals surface area contributed by atoms with E-state index in [0.717, 1.165) is 25.1 Å². The van der Waals surface area contributed by atoms with E-state index in [1.54, 1.807) is 12.1 Å². The van der Waals surface area contributed by atoms with Crippen LogP contribution in [0.15, 0.2) is 35.1 Å². The Labute approximate surface area is 174 Å². The summed E-state index contributed by atoms with van der Waals surface area (Å²) in [6, 6.07) is 5.85. The minimum Gasteiger partial charge on any atom is -0.431 e. The molecule has 3 rings (SSSR count). The number of carbonyl (C=O) groups is 1. The van der Waals surface area contributed by atoms with Crippen molar-refractivity contribution in [1.82, 2.24) is 15.2 Å². The van der Waals surface area contributed by atoms with Gasteiger partial charge in [-0.05, 0) is 43.5 Å². The van der Waals surface area contributed by atoms with E-state index >= 15 is 0 Å². The number of hydrogen-bond acceptors (Lipinski definition) is 7. The standard InChI is InChI=1S/C20H25ClN6O2/c1-27(8-2-7-24-15-4-5-15)11-14(10-22)13-3-6-16(21)17(9-13)25-19(28)18-12-29-20(23)26-18/h3,6,9-12,15,22,24H,2,4-5,7-8H2,1H3,(H2,23,26)(H,25,28)/b14-11+,22-10?. The fourth-order valence-electron chi connectivity index (χ4n) is 2.80. The summed E-state index contributed by atoms with van der Waals surface area (Å²) >= 11 is 6.22. The molecule has 1 aliphatic rings. The second-order valence-corrected chi connectivity index (χ2v) is 7.42. The normalized spacial score (nSPS) is 13.9. The zero-order chi connectivity index (χ0) is 20.8. The maximum atomic E-state index is 12.3. The highest BCUT2D eigenvalue weighted by molar-refractivity contribution is 6.34. The molecule has 2 aromatic rings. The van der Waals surface area contributed by atoms with Crippen molar-refractivity contribution in [2.45, 2.75) is 25.3 Å². The molecular formula is C20H25ClN6O2. The van der Waals surface area contributed by atoms with Crippen LogP contribution in [0.2, 0.25) is 5.02 Å². The third-order valence-corrected chi connectivity index (χ3v) is 4.85. The predicted octanol–water partition coefficient (Wildman–Crippen LogP) is 3.23. The molecule has 1 amide bonds. The molecule has 1 aliphatic carbocycles. The van der Waals surface area contributed by atoms with Crippen LogP contribution in [-0.4, -0.2) is 48.2 Å². The Hall–Kier alpha value is -2.84. The van der Waals surface area contributed by atoms with Crippen molar-refractivity contribution < 1.29 is 9.21 Å². The van der Waals surface area contributed by atoms with E-state index in [2.05, 4.69) is 20.5 Å². The number of benzene rings is 1. The molecule has 5 N–H and O–H groups in total. The second-order valence-electron chi connectivity index (χ2n) is 7.01. The van der Waals surface area contributed by atoms with E-state index in [1.807, 2.05) is 19.3 Å². The lowest BCUT2D eigenvalue weighted by molar-refractivity contribution is 0.102. The first-order chi connectivity index (χ1) is 14.0. The first-order valence-corrected chi connectivity index (χ1v) is 9.82. The molecule has 0 bridgehead atoms. The fraction of sp³-hybridized carbons (Fsp3) is 0.350. The van der Waals surface area contributed by atoms with E-state index in [1.165, 1.54) is 25.3 Å². The largest absolute Gasteiger partial charge is 0.431 e. The minimum atomic E-state index is -0.481. The Bertz CT molecular complexity index is 906. The van der Waals surface area contributed by atoms with Crippen molar-refractivity contribution in [2.75, 3.05) is 31.2 Å². The van der Waals surface area contributed by atoms with Gasteiger partial charge in [-0.3, -0.25) is 4.79 Å².